The number of rotatable bonds is 8. The molecular formula is C33H37FN4O. The highest BCUT2D eigenvalue weighted by atomic mass is 19.1. The fourth-order valence-corrected chi connectivity index (χ4v) is 5.72. The molecule has 0 spiro atoms. The minimum absolute atomic E-state index is 0.0382. The highest BCUT2D eigenvalue weighted by Crippen LogP contribution is 2.36. The van der Waals surface area contributed by atoms with E-state index in [0.717, 1.165) is 30.9 Å². The number of aromatic nitrogens is 1. The number of anilines is 1. The number of pyridine rings is 1. The van der Waals surface area contributed by atoms with Gasteiger partial charge in [-0.25, -0.2) is 4.39 Å². The van der Waals surface area contributed by atoms with E-state index in [1.807, 2.05) is 11.8 Å². The van der Waals surface area contributed by atoms with Crippen LogP contribution in [-0.4, -0.2) is 41.1 Å². The number of amides is 1. The van der Waals surface area contributed by atoms with Crippen LogP contribution in [0.1, 0.15) is 64.8 Å². The van der Waals surface area contributed by atoms with Gasteiger partial charge in [0.1, 0.15) is 5.82 Å². The molecule has 202 valence electrons. The Kier molecular flexibility index (Phi) is 7.92. The molecule has 2 heterocycles. The Morgan fingerprint density at radius 3 is 2.41 bits per heavy atom. The number of likely N-dealkylation sites (tertiary alicyclic amines) is 1. The van der Waals surface area contributed by atoms with Crippen LogP contribution in [0, 0.1) is 36.9 Å². The lowest BCUT2D eigenvalue weighted by Gasteiger charge is -2.40. The highest BCUT2D eigenvalue weighted by Gasteiger charge is 2.30. The molecule has 6 heteroatoms. The summed E-state index contributed by atoms with van der Waals surface area (Å²) in [7, 11) is 0. The van der Waals surface area contributed by atoms with E-state index in [1.165, 1.54) is 48.3 Å². The molecule has 1 N–H and O–H groups in total. The van der Waals surface area contributed by atoms with Crippen LogP contribution in [0.3, 0.4) is 0 Å². The third kappa shape index (κ3) is 5.80. The summed E-state index contributed by atoms with van der Waals surface area (Å²) in [6.45, 7) is 10.9. The van der Waals surface area contributed by atoms with Gasteiger partial charge in [0.15, 0.2) is 0 Å². The van der Waals surface area contributed by atoms with Crippen molar-refractivity contribution in [2.24, 2.45) is 11.8 Å². The number of carbonyl (C=O) groups is 1. The van der Waals surface area contributed by atoms with Gasteiger partial charge in [-0.05, 0) is 80.8 Å². The molecule has 3 aromatic rings. The molecular weight excluding hydrogens is 487 g/mol. The predicted molar refractivity (Wildman–Crippen MR) is 155 cm³/mol. The fraction of sp³-hybridized carbons (Fsp3) is 0.364. The maximum atomic E-state index is 13.6. The lowest BCUT2D eigenvalue weighted by atomic mass is 9.84. The summed E-state index contributed by atoms with van der Waals surface area (Å²) in [5.41, 5.74) is 5.99. The van der Waals surface area contributed by atoms with Gasteiger partial charge in [-0.15, -0.1) is 0 Å². The van der Waals surface area contributed by atoms with Crippen molar-refractivity contribution in [3.63, 3.8) is 0 Å². The van der Waals surface area contributed by atoms with Crippen molar-refractivity contribution in [2.45, 2.75) is 46.0 Å². The first-order valence-corrected chi connectivity index (χ1v) is 13.9. The van der Waals surface area contributed by atoms with Crippen LogP contribution >= 0.6 is 0 Å². The van der Waals surface area contributed by atoms with Crippen molar-refractivity contribution in [2.75, 3.05) is 24.5 Å². The molecule has 5 rings (SSSR count). The van der Waals surface area contributed by atoms with Gasteiger partial charge >= 0.3 is 0 Å². The Hall–Kier alpha value is -3.80. The molecule has 1 amide bonds. The number of halogens is 1. The maximum absolute atomic E-state index is 13.6. The van der Waals surface area contributed by atoms with Crippen LogP contribution in [0.15, 0.2) is 73.1 Å². The summed E-state index contributed by atoms with van der Waals surface area (Å²) in [6, 6.07) is 16.3. The number of hydrogen-bond donors (Lipinski definition) is 1. The number of benzene rings is 2. The second kappa shape index (κ2) is 11.5. The van der Waals surface area contributed by atoms with E-state index >= 15 is 0 Å². The molecule has 0 radical (unpaired) electrons. The first kappa shape index (κ1) is 26.8. The number of hydrogen-bond acceptors (Lipinski definition) is 4. The van der Waals surface area contributed by atoms with Crippen molar-refractivity contribution >= 4 is 17.3 Å². The Morgan fingerprint density at radius 2 is 1.77 bits per heavy atom. The average molecular weight is 525 g/mol. The number of nitrogens with zero attached hydrogens (tertiary/aromatic N) is 3. The number of aryl methyl sites for hydroxylation is 2. The molecule has 0 unspecified atom stereocenters. The Morgan fingerprint density at radius 1 is 1.03 bits per heavy atom. The zero-order valence-electron chi connectivity index (χ0n) is 22.9. The molecule has 1 aromatic heterocycles. The number of nitrogens with one attached hydrogen (secondary N) is 1. The summed E-state index contributed by atoms with van der Waals surface area (Å²) in [5.74, 6) is 0.633. The van der Waals surface area contributed by atoms with Crippen molar-refractivity contribution in [1.82, 2.24) is 9.88 Å². The van der Waals surface area contributed by atoms with E-state index in [-0.39, 0.29) is 11.6 Å². The zero-order chi connectivity index (χ0) is 27.5. The van der Waals surface area contributed by atoms with E-state index in [2.05, 4.69) is 47.7 Å². The highest BCUT2D eigenvalue weighted by molar-refractivity contribution is 6.10. The summed E-state index contributed by atoms with van der Waals surface area (Å²) in [5, 5.41) is 8.48. The van der Waals surface area contributed by atoms with Gasteiger partial charge < -0.3 is 9.80 Å². The van der Waals surface area contributed by atoms with Gasteiger partial charge in [0.25, 0.3) is 5.91 Å². The van der Waals surface area contributed by atoms with E-state index in [0.29, 0.717) is 35.8 Å². The summed E-state index contributed by atoms with van der Waals surface area (Å²) in [4.78, 5) is 22.2. The molecule has 2 fully saturated rings. The first-order chi connectivity index (χ1) is 18.8. The van der Waals surface area contributed by atoms with Crippen LogP contribution in [0.25, 0.3) is 0 Å². The van der Waals surface area contributed by atoms with E-state index in [9.17, 15) is 9.18 Å². The van der Waals surface area contributed by atoms with Crippen molar-refractivity contribution in [1.29, 1.82) is 5.41 Å². The van der Waals surface area contributed by atoms with Gasteiger partial charge in [0.2, 0.25) is 0 Å². The maximum Gasteiger partial charge on any atom is 0.255 e. The van der Waals surface area contributed by atoms with E-state index in [1.54, 1.807) is 24.4 Å². The van der Waals surface area contributed by atoms with E-state index < -0.39 is 5.82 Å². The SMILES string of the molecule is C=C(C1CCN(C(=O)c2cnc(C(=N)c3cccc(F)c3)c(C)c2)CC1)N(CC1CCC1)c1ccccc1C. The molecule has 0 atom stereocenters. The topological polar surface area (TPSA) is 60.3 Å². The molecule has 1 saturated carbocycles. The van der Waals surface area contributed by atoms with Gasteiger partial charge in [-0.2, -0.15) is 0 Å². The molecule has 1 saturated heterocycles. The largest absolute Gasteiger partial charge is 0.345 e. The standard InChI is InChI=1S/C33H37FN4O/c1-22-8-4-5-13-30(22)38(21-25-9-6-10-25)24(3)26-14-16-37(17-15-26)33(39)28-18-23(2)32(36-20-28)31(35)27-11-7-12-29(34)19-27/h4-5,7-8,11-13,18-20,25-26,35H,3,6,9-10,14-17,21H2,1-2H3. The van der Waals surface area contributed by atoms with Crippen LogP contribution in [0.2, 0.25) is 0 Å². The number of allylic oxidation sites excluding steroid dienone is 1. The minimum Gasteiger partial charge on any atom is -0.345 e. The number of para-hydroxylation sites is 1. The average Bonchev–Trinajstić information content (AvgIpc) is 2.92. The van der Waals surface area contributed by atoms with Gasteiger partial charge in [-0.1, -0.05) is 43.3 Å². The smallest absolute Gasteiger partial charge is 0.255 e. The second-order valence-electron chi connectivity index (χ2n) is 11.0. The summed E-state index contributed by atoms with van der Waals surface area (Å²) < 4.78 is 13.6. The number of piperidine rings is 1. The number of carbonyl (C=O) groups excluding carboxylic acids is 1. The molecule has 5 nitrogen and oxygen atoms in total. The van der Waals surface area contributed by atoms with Crippen LogP contribution < -0.4 is 4.90 Å². The molecule has 39 heavy (non-hydrogen) atoms. The third-order valence-electron chi connectivity index (χ3n) is 8.35. The molecule has 0 bridgehead atoms. The van der Waals surface area contributed by atoms with Crippen molar-refractivity contribution in [3.8, 4) is 0 Å². The Bertz CT molecular complexity index is 1390. The van der Waals surface area contributed by atoms with Crippen molar-refractivity contribution in [3.05, 3.63) is 107 Å². The van der Waals surface area contributed by atoms with Crippen LogP contribution in [-0.2, 0) is 0 Å². The monoisotopic (exact) mass is 524 g/mol. The third-order valence-corrected chi connectivity index (χ3v) is 8.35. The van der Waals surface area contributed by atoms with E-state index in [4.69, 9.17) is 5.41 Å². The van der Waals surface area contributed by atoms with Crippen LogP contribution in [0.4, 0.5) is 10.1 Å². The molecule has 1 aliphatic heterocycles. The normalized spacial score (nSPS) is 16.0. The van der Waals surface area contributed by atoms with Gasteiger partial charge in [0, 0.05) is 48.7 Å². The molecule has 2 aromatic carbocycles. The van der Waals surface area contributed by atoms with Gasteiger partial charge in [0.05, 0.1) is 17.0 Å². The second-order valence-corrected chi connectivity index (χ2v) is 11.0. The lowest BCUT2D eigenvalue weighted by molar-refractivity contribution is 0.0700. The predicted octanol–water partition coefficient (Wildman–Crippen LogP) is 6.93. The summed E-state index contributed by atoms with van der Waals surface area (Å²) in [6.07, 6.45) is 7.20. The molecule has 1 aliphatic carbocycles. The first-order valence-electron chi connectivity index (χ1n) is 13.9. The zero-order valence-corrected chi connectivity index (χ0v) is 22.9. The van der Waals surface area contributed by atoms with Crippen LogP contribution in [0.5, 0.6) is 0 Å². The fourth-order valence-electron chi connectivity index (χ4n) is 5.72. The van der Waals surface area contributed by atoms with Crippen molar-refractivity contribution < 1.29 is 9.18 Å². The molecule has 2 aliphatic rings. The lowest BCUT2D eigenvalue weighted by Crippen LogP contribution is -2.42. The Labute approximate surface area is 230 Å². The quantitative estimate of drug-likeness (QED) is 0.325. The summed E-state index contributed by atoms with van der Waals surface area (Å²) >= 11 is 0. The Balaban J connectivity index is 1.24. The van der Waals surface area contributed by atoms with Gasteiger partial charge in [-0.3, -0.25) is 15.2 Å². The minimum atomic E-state index is -0.391.